The Balaban J connectivity index is 1.46. The van der Waals surface area contributed by atoms with E-state index < -0.39 is 0 Å². The third-order valence-electron chi connectivity index (χ3n) is 4.12. The third-order valence-corrected chi connectivity index (χ3v) is 5.08. The molecule has 1 aliphatic carbocycles. The summed E-state index contributed by atoms with van der Waals surface area (Å²) in [6.45, 7) is 2.99. The minimum absolute atomic E-state index is 0.560. The summed E-state index contributed by atoms with van der Waals surface area (Å²) in [5, 5.41) is 13.6. The van der Waals surface area contributed by atoms with Crippen molar-refractivity contribution in [3.8, 4) is 17.1 Å². The van der Waals surface area contributed by atoms with Crippen LogP contribution < -0.4 is 4.74 Å². The SMILES string of the molecule is CCn1c(SCc2nc(-c3cccc(OC)c3)no2)nnc1C1CC1. The zero-order chi connectivity index (χ0) is 17.2. The molecule has 1 aromatic carbocycles. The summed E-state index contributed by atoms with van der Waals surface area (Å²) >= 11 is 1.58. The normalized spacial score (nSPS) is 14.0. The van der Waals surface area contributed by atoms with E-state index in [1.165, 1.54) is 12.8 Å². The van der Waals surface area contributed by atoms with Crippen LogP contribution in [0.1, 0.15) is 37.4 Å². The Labute approximate surface area is 149 Å². The van der Waals surface area contributed by atoms with Crippen molar-refractivity contribution >= 4 is 11.8 Å². The second kappa shape index (κ2) is 6.87. The molecule has 1 fully saturated rings. The molecule has 2 aromatic heterocycles. The van der Waals surface area contributed by atoms with Gasteiger partial charge in [0.2, 0.25) is 11.7 Å². The van der Waals surface area contributed by atoms with E-state index in [2.05, 4.69) is 31.8 Å². The Bertz CT molecular complexity index is 872. The van der Waals surface area contributed by atoms with E-state index in [1.54, 1.807) is 18.9 Å². The van der Waals surface area contributed by atoms with Gasteiger partial charge in [0.25, 0.3) is 0 Å². The van der Waals surface area contributed by atoms with Crippen LogP contribution in [-0.4, -0.2) is 32.0 Å². The van der Waals surface area contributed by atoms with Gasteiger partial charge in [0.05, 0.1) is 12.9 Å². The molecule has 0 N–H and O–H groups in total. The molecule has 3 aromatic rings. The molecule has 7 nitrogen and oxygen atoms in total. The number of nitrogens with zero attached hydrogens (tertiary/aromatic N) is 5. The molecule has 0 bridgehead atoms. The summed E-state index contributed by atoms with van der Waals surface area (Å²) in [6, 6.07) is 7.61. The van der Waals surface area contributed by atoms with Gasteiger partial charge in [-0.3, -0.25) is 0 Å². The fraction of sp³-hybridized carbons (Fsp3) is 0.412. The lowest BCUT2D eigenvalue weighted by molar-refractivity contribution is 0.391. The van der Waals surface area contributed by atoms with Crippen molar-refractivity contribution in [1.29, 1.82) is 0 Å². The first-order valence-electron chi connectivity index (χ1n) is 8.31. The Morgan fingerprint density at radius 3 is 2.96 bits per heavy atom. The molecule has 0 amide bonds. The summed E-state index contributed by atoms with van der Waals surface area (Å²) in [4.78, 5) is 4.47. The second-order valence-corrected chi connectivity index (χ2v) is 6.83. The molecule has 8 heteroatoms. The lowest BCUT2D eigenvalue weighted by Crippen LogP contribution is -2.02. The maximum Gasteiger partial charge on any atom is 0.237 e. The van der Waals surface area contributed by atoms with Crippen LogP contribution in [0.2, 0.25) is 0 Å². The number of aromatic nitrogens is 5. The average Bonchev–Trinajstić information content (AvgIpc) is 3.24. The summed E-state index contributed by atoms with van der Waals surface area (Å²) in [7, 11) is 1.64. The lowest BCUT2D eigenvalue weighted by atomic mass is 10.2. The monoisotopic (exact) mass is 357 g/mol. The number of rotatable bonds is 7. The van der Waals surface area contributed by atoms with Crippen LogP contribution in [-0.2, 0) is 12.3 Å². The van der Waals surface area contributed by atoms with Gasteiger partial charge in [0.15, 0.2) is 5.16 Å². The topological polar surface area (TPSA) is 78.9 Å². The van der Waals surface area contributed by atoms with Crippen LogP contribution in [0.4, 0.5) is 0 Å². The number of methoxy groups -OCH3 is 1. The molecule has 0 aliphatic heterocycles. The number of ether oxygens (including phenoxy) is 1. The fourth-order valence-electron chi connectivity index (χ4n) is 2.67. The predicted octanol–water partition coefficient (Wildman–Crippen LogP) is 3.53. The zero-order valence-corrected chi connectivity index (χ0v) is 15.0. The van der Waals surface area contributed by atoms with E-state index in [-0.39, 0.29) is 0 Å². The predicted molar refractivity (Wildman–Crippen MR) is 93.5 cm³/mol. The van der Waals surface area contributed by atoms with Gasteiger partial charge >= 0.3 is 0 Å². The van der Waals surface area contributed by atoms with E-state index in [4.69, 9.17) is 9.26 Å². The van der Waals surface area contributed by atoms with Crippen molar-refractivity contribution in [2.45, 2.75) is 43.1 Å². The van der Waals surface area contributed by atoms with Gasteiger partial charge in [-0.25, -0.2) is 0 Å². The molecule has 1 saturated carbocycles. The molecule has 1 aliphatic rings. The highest BCUT2D eigenvalue weighted by Gasteiger charge is 2.30. The third kappa shape index (κ3) is 3.39. The van der Waals surface area contributed by atoms with Gasteiger partial charge in [-0.1, -0.05) is 29.1 Å². The van der Waals surface area contributed by atoms with Gasteiger partial charge in [-0.15, -0.1) is 10.2 Å². The summed E-state index contributed by atoms with van der Waals surface area (Å²) in [6.07, 6.45) is 2.44. The zero-order valence-electron chi connectivity index (χ0n) is 14.2. The smallest absolute Gasteiger partial charge is 0.237 e. The molecule has 0 spiro atoms. The van der Waals surface area contributed by atoms with E-state index in [1.807, 2.05) is 24.3 Å². The molecule has 130 valence electrons. The molecule has 0 saturated heterocycles. The minimum atomic E-state index is 0.560. The minimum Gasteiger partial charge on any atom is -0.497 e. The Morgan fingerprint density at radius 2 is 2.20 bits per heavy atom. The molecule has 0 atom stereocenters. The van der Waals surface area contributed by atoms with Crippen molar-refractivity contribution < 1.29 is 9.26 Å². The van der Waals surface area contributed by atoms with Crippen molar-refractivity contribution in [1.82, 2.24) is 24.9 Å². The highest BCUT2D eigenvalue weighted by Crippen LogP contribution is 2.40. The summed E-state index contributed by atoms with van der Waals surface area (Å²) < 4.78 is 12.8. The van der Waals surface area contributed by atoms with Gasteiger partial charge in [-0.2, -0.15) is 4.98 Å². The Hall–Kier alpha value is -2.35. The van der Waals surface area contributed by atoms with E-state index >= 15 is 0 Å². The van der Waals surface area contributed by atoms with E-state index in [0.29, 0.717) is 23.4 Å². The van der Waals surface area contributed by atoms with Crippen LogP contribution in [0, 0.1) is 0 Å². The number of hydrogen-bond acceptors (Lipinski definition) is 7. The Kier molecular flexibility index (Phi) is 4.44. The van der Waals surface area contributed by atoms with Gasteiger partial charge in [0, 0.05) is 18.0 Å². The first-order valence-corrected chi connectivity index (χ1v) is 9.30. The van der Waals surface area contributed by atoms with Crippen molar-refractivity contribution in [3.05, 3.63) is 36.0 Å². The van der Waals surface area contributed by atoms with Crippen molar-refractivity contribution in [2.75, 3.05) is 7.11 Å². The van der Waals surface area contributed by atoms with Gasteiger partial charge in [0.1, 0.15) is 11.6 Å². The highest BCUT2D eigenvalue weighted by atomic mass is 32.2. The van der Waals surface area contributed by atoms with Crippen molar-refractivity contribution in [2.24, 2.45) is 0 Å². The fourth-order valence-corrected chi connectivity index (χ4v) is 3.51. The van der Waals surface area contributed by atoms with Gasteiger partial charge < -0.3 is 13.8 Å². The van der Waals surface area contributed by atoms with E-state index in [0.717, 1.165) is 28.8 Å². The lowest BCUT2D eigenvalue weighted by Gasteiger charge is -2.04. The average molecular weight is 357 g/mol. The number of thioether (sulfide) groups is 1. The maximum absolute atomic E-state index is 5.37. The number of benzene rings is 1. The van der Waals surface area contributed by atoms with Crippen LogP contribution >= 0.6 is 11.8 Å². The summed E-state index contributed by atoms with van der Waals surface area (Å²) in [5.41, 5.74) is 0.868. The summed E-state index contributed by atoms with van der Waals surface area (Å²) in [5.74, 6) is 4.16. The Morgan fingerprint density at radius 1 is 1.32 bits per heavy atom. The van der Waals surface area contributed by atoms with Crippen LogP contribution in [0.3, 0.4) is 0 Å². The molecule has 0 radical (unpaired) electrons. The van der Waals surface area contributed by atoms with Crippen LogP contribution in [0.25, 0.3) is 11.4 Å². The molecular weight excluding hydrogens is 338 g/mol. The molecule has 2 heterocycles. The maximum atomic E-state index is 5.37. The standard InChI is InChI=1S/C17H19N5O2S/c1-3-22-16(11-7-8-11)19-20-17(22)25-10-14-18-15(21-24-14)12-5-4-6-13(9-12)23-2/h4-6,9,11H,3,7-8,10H2,1-2H3. The van der Waals surface area contributed by atoms with Gasteiger partial charge in [-0.05, 0) is 31.9 Å². The van der Waals surface area contributed by atoms with E-state index in [9.17, 15) is 0 Å². The largest absolute Gasteiger partial charge is 0.497 e. The quantitative estimate of drug-likeness (QED) is 0.599. The highest BCUT2D eigenvalue weighted by molar-refractivity contribution is 7.98. The van der Waals surface area contributed by atoms with Crippen molar-refractivity contribution in [3.63, 3.8) is 0 Å². The molecule has 25 heavy (non-hydrogen) atoms. The van der Waals surface area contributed by atoms with Crippen LogP contribution in [0.5, 0.6) is 5.75 Å². The number of hydrogen-bond donors (Lipinski definition) is 0. The first-order chi connectivity index (χ1) is 12.3. The second-order valence-electron chi connectivity index (χ2n) is 5.89. The molecule has 0 unspecified atom stereocenters. The van der Waals surface area contributed by atoms with Crippen LogP contribution in [0.15, 0.2) is 33.9 Å². The first kappa shape index (κ1) is 16.1. The molecular formula is C17H19N5O2S. The molecule has 4 rings (SSSR count).